The zero-order valence-electron chi connectivity index (χ0n) is 15.7. The Labute approximate surface area is 164 Å². The lowest BCUT2D eigenvalue weighted by molar-refractivity contribution is -0.546. The van der Waals surface area contributed by atoms with Crippen molar-refractivity contribution in [2.75, 3.05) is 0 Å². The second-order valence-corrected chi connectivity index (χ2v) is 8.07. The first kappa shape index (κ1) is 18.8. The van der Waals surface area contributed by atoms with Gasteiger partial charge in [0.05, 0.1) is 17.9 Å². The minimum atomic E-state index is -0.862. The first-order valence-corrected chi connectivity index (χ1v) is 10.1. The van der Waals surface area contributed by atoms with E-state index in [4.69, 9.17) is 0 Å². The first-order valence-electron chi connectivity index (χ1n) is 10.1. The van der Waals surface area contributed by atoms with Crippen molar-refractivity contribution in [1.82, 2.24) is 0 Å². The highest BCUT2D eigenvalue weighted by Gasteiger charge is 2.58. The molecule has 5 nitrogen and oxygen atoms in total. The van der Waals surface area contributed by atoms with Gasteiger partial charge in [0, 0.05) is 16.4 Å². The van der Waals surface area contributed by atoms with E-state index in [0.717, 1.165) is 31.2 Å². The SMILES string of the molecule is O=C(c1ccccc1)C1C(O)C2CCCCC2C([N+](=O)[O-])[C@@H]1c1ccccc1. The molecule has 5 heteroatoms. The van der Waals surface area contributed by atoms with Crippen LogP contribution in [0.2, 0.25) is 0 Å². The summed E-state index contributed by atoms with van der Waals surface area (Å²) in [7, 11) is 0. The van der Waals surface area contributed by atoms with Gasteiger partial charge in [-0.3, -0.25) is 14.9 Å². The van der Waals surface area contributed by atoms with Crippen LogP contribution in [0.3, 0.4) is 0 Å². The molecule has 0 radical (unpaired) electrons. The summed E-state index contributed by atoms with van der Waals surface area (Å²) in [6.45, 7) is 0. The Balaban J connectivity index is 1.84. The number of rotatable bonds is 4. The van der Waals surface area contributed by atoms with Gasteiger partial charge in [-0.15, -0.1) is 0 Å². The molecule has 2 aromatic carbocycles. The van der Waals surface area contributed by atoms with Crippen molar-refractivity contribution < 1.29 is 14.8 Å². The van der Waals surface area contributed by atoms with E-state index in [1.165, 1.54) is 0 Å². The summed E-state index contributed by atoms with van der Waals surface area (Å²) >= 11 is 0. The van der Waals surface area contributed by atoms with E-state index in [0.29, 0.717) is 5.56 Å². The van der Waals surface area contributed by atoms with Crippen LogP contribution in [0, 0.1) is 27.9 Å². The highest BCUT2D eigenvalue weighted by molar-refractivity contribution is 5.99. The summed E-state index contributed by atoms with van der Waals surface area (Å²) in [5.41, 5.74) is 1.27. The third-order valence-electron chi connectivity index (χ3n) is 6.66. The fourth-order valence-corrected chi connectivity index (χ4v) is 5.47. The molecule has 0 aromatic heterocycles. The number of Topliss-reactive ketones (excluding diaryl/α,β-unsaturated/α-hetero) is 1. The van der Waals surface area contributed by atoms with Crippen molar-refractivity contribution >= 4 is 5.78 Å². The molecule has 2 fully saturated rings. The van der Waals surface area contributed by atoms with Crippen LogP contribution < -0.4 is 0 Å². The maximum Gasteiger partial charge on any atom is 0.223 e. The van der Waals surface area contributed by atoms with E-state index in [2.05, 4.69) is 0 Å². The summed E-state index contributed by atoms with van der Waals surface area (Å²) in [6.07, 6.45) is 2.51. The van der Waals surface area contributed by atoms with Crippen LogP contribution >= 0.6 is 0 Å². The minimum Gasteiger partial charge on any atom is -0.392 e. The highest BCUT2D eigenvalue weighted by Crippen LogP contribution is 2.51. The quantitative estimate of drug-likeness (QED) is 0.493. The largest absolute Gasteiger partial charge is 0.392 e. The number of ketones is 1. The van der Waals surface area contributed by atoms with E-state index in [9.17, 15) is 20.0 Å². The van der Waals surface area contributed by atoms with Gasteiger partial charge in [0.2, 0.25) is 6.04 Å². The van der Waals surface area contributed by atoms with Gasteiger partial charge in [-0.05, 0) is 24.3 Å². The number of carbonyl (C=O) groups excluding carboxylic acids is 1. The molecule has 1 N–H and O–H groups in total. The number of fused-ring (bicyclic) bond motifs is 1. The number of hydrogen-bond acceptors (Lipinski definition) is 4. The third kappa shape index (κ3) is 3.24. The van der Waals surface area contributed by atoms with Crippen LogP contribution in [-0.2, 0) is 0 Å². The van der Waals surface area contributed by atoms with Crippen molar-refractivity contribution in [3.8, 4) is 0 Å². The number of aliphatic hydroxyl groups is 1. The smallest absolute Gasteiger partial charge is 0.223 e. The molecule has 2 aliphatic carbocycles. The molecule has 0 aliphatic heterocycles. The monoisotopic (exact) mass is 379 g/mol. The number of hydrogen-bond donors (Lipinski definition) is 1. The average molecular weight is 379 g/mol. The van der Waals surface area contributed by atoms with Crippen LogP contribution in [-0.4, -0.2) is 28.0 Å². The molecule has 0 saturated heterocycles. The lowest BCUT2D eigenvalue weighted by Gasteiger charge is -2.47. The lowest BCUT2D eigenvalue weighted by Crippen LogP contribution is -2.56. The maximum absolute atomic E-state index is 13.5. The van der Waals surface area contributed by atoms with Crippen LogP contribution in [0.1, 0.15) is 47.5 Å². The molecule has 2 aliphatic rings. The molecule has 146 valence electrons. The predicted molar refractivity (Wildman–Crippen MR) is 106 cm³/mol. The Hall–Kier alpha value is -2.53. The summed E-state index contributed by atoms with van der Waals surface area (Å²) in [4.78, 5) is 25.5. The molecule has 28 heavy (non-hydrogen) atoms. The van der Waals surface area contributed by atoms with Gasteiger partial charge in [-0.2, -0.15) is 0 Å². The standard InChI is InChI=1S/C23H25NO4/c25-22(16-11-5-2-6-12-16)20-19(15-9-3-1-4-10-15)21(24(27)28)17-13-7-8-14-18(17)23(20)26/h1-6,9-12,17-21,23,26H,7-8,13-14H2/t17?,18?,19-,20?,21?,23?/m1/s1. The molecule has 0 heterocycles. The van der Waals surface area contributed by atoms with Crippen LogP contribution in [0.5, 0.6) is 0 Å². The maximum atomic E-state index is 13.5. The molecule has 0 bridgehead atoms. The Kier molecular flexibility index (Phi) is 5.27. The van der Waals surface area contributed by atoms with E-state index in [1.54, 1.807) is 24.3 Å². The fraction of sp³-hybridized carbons (Fsp3) is 0.435. The number of nitrogens with zero attached hydrogens (tertiary/aromatic N) is 1. The molecular weight excluding hydrogens is 354 g/mol. The van der Waals surface area contributed by atoms with Gasteiger partial charge in [0.25, 0.3) is 0 Å². The second-order valence-electron chi connectivity index (χ2n) is 8.07. The predicted octanol–water partition coefficient (Wildman–Crippen LogP) is 4.10. The van der Waals surface area contributed by atoms with Crippen LogP contribution in [0.15, 0.2) is 60.7 Å². The van der Waals surface area contributed by atoms with Crippen molar-refractivity contribution in [2.45, 2.75) is 43.7 Å². The number of carbonyl (C=O) groups is 1. The van der Waals surface area contributed by atoms with E-state index >= 15 is 0 Å². The Morgan fingerprint density at radius 3 is 2.11 bits per heavy atom. The zero-order valence-corrected chi connectivity index (χ0v) is 15.7. The molecular formula is C23H25NO4. The molecule has 0 spiro atoms. The number of aliphatic hydroxyl groups excluding tert-OH is 1. The van der Waals surface area contributed by atoms with Gasteiger partial charge in [-0.1, -0.05) is 73.5 Å². The lowest BCUT2D eigenvalue weighted by atomic mass is 9.56. The van der Waals surface area contributed by atoms with Gasteiger partial charge in [-0.25, -0.2) is 0 Å². The van der Waals surface area contributed by atoms with Crippen molar-refractivity contribution in [1.29, 1.82) is 0 Å². The van der Waals surface area contributed by atoms with E-state index < -0.39 is 24.0 Å². The van der Waals surface area contributed by atoms with Gasteiger partial charge in [0.1, 0.15) is 0 Å². The summed E-state index contributed by atoms with van der Waals surface area (Å²) in [5.74, 6) is -2.01. The van der Waals surface area contributed by atoms with Crippen molar-refractivity contribution in [2.24, 2.45) is 17.8 Å². The first-order chi connectivity index (χ1) is 13.6. The number of nitro groups is 1. The molecule has 0 amide bonds. The topological polar surface area (TPSA) is 80.4 Å². The summed E-state index contributed by atoms with van der Waals surface area (Å²) in [5, 5.41) is 23.5. The molecule has 2 aromatic rings. The Bertz CT molecular complexity index is 838. The minimum absolute atomic E-state index is 0.191. The van der Waals surface area contributed by atoms with E-state index in [-0.39, 0.29) is 22.5 Å². The number of benzene rings is 2. The van der Waals surface area contributed by atoms with Gasteiger partial charge in [0.15, 0.2) is 5.78 Å². The second kappa shape index (κ2) is 7.84. The molecule has 4 rings (SSSR count). The van der Waals surface area contributed by atoms with Crippen LogP contribution in [0.25, 0.3) is 0 Å². The zero-order chi connectivity index (χ0) is 19.7. The van der Waals surface area contributed by atoms with E-state index in [1.807, 2.05) is 36.4 Å². The summed E-state index contributed by atoms with van der Waals surface area (Å²) < 4.78 is 0. The van der Waals surface area contributed by atoms with Crippen molar-refractivity contribution in [3.05, 3.63) is 81.9 Å². The van der Waals surface area contributed by atoms with Crippen molar-refractivity contribution in [3.63, 3.8) is 0 Å². The van der Waals surface area contributed by atoms with Gasteiger partial charge < -0.3 is 5.11 Å². The average Bonchev–Trinajstić information content (AvgIpc) is 2.74. The third-order valence-corrected chi connectivity index (χ3v) is 6.66. The Morgan fingerprint density at radius 2 is 1.50 bits per heavy atom. The van der Waals surface area contributed by atoms with Gasteiger partial charge >= 0.3 is 0 Å². The molecule has 6 atom stereocenters. The highest BCUT2D eigenvalue weighted by atomic mass is 16.6. The Morgan fingerprint density at radius 1 is 0.929 bits per heavy atom. The fourth-order valence-electron chi connectivity index (χ4n) is 5.47. The van der Waals surface area contributed by atoms with Crippen LogP contribution in [0.4, 0.5) is 0 Å². The normalized spacial score (nSPS) is 32.3. The summed E-state index contributed by atoms with van der Waals surface area (Å²) in [6, 6.07) is 17.3. The molecule has 5 unspecified atom stereocenters. The molecule has 2 saturated carbocycles.